The summed E-state index contributed by atoms with van der Waals surface area (Å²) in [6.45, 7) is 5.14. The number of urea groups is 1. The van der Waals surface area contributed by atoms with Crippen molar-refractivity contribution in [3.05, 3.63) is 0 Å². The van der Waals surface area contributed by atoms with E-state index in [1.54, 1.807) is 6.92 Å². The number of nitrogens with one attached hydrogen (secondary N) is 1. The Bertz CT molecular complexity index is 408. The first-order valence-corrected chi connectivity index (χ1v) is 6.39. The number of carbonyl (C=O) groups excluding carboxylic acids is 4. The van der Waals surface area contributed by atoms with Gasteiger partial charge in [0.2, 0.25) is 5.91 Å². The van der Waals surface area contributed by atoms with Crippen LogP contribution < -0.4 is 5.32 Å². The van der Waals surface area contributed by atoms with Crippen LogP contribution in [0.2, 0.25) is 0 Å². The molecule has 0 saturated carbocycles. The van der Waals surface area contributed by atoms with Gasteiger partial charge in [-0.2, -0.15) is 0 Å². The van der Waals surface area contributed by atoms with Gasteiger partial charge in [-0.25, -0.2) is 9.69 Å². The Labute approximate surface area is 111 Å². The van der Waals surface area contributed by atoms with Crippen molar-refractivity contribution < 1.29 is 19.2 Å². The first-order chi connectivity index (χ1) is 8.92. The topological polar surface area (TPSA) is 86.8 Å². The molecule has 1 atom stereocenters. The second kappa shape index (κ2) is 6.31. The number of imide groups is 2. The Morgan fingerprint density at radius 1 is 1.16 bits per heavy atom. The first-order valence-electron chi connectivity index (χ1n) is 6.39. The highest BCUT2D eigenvalue weighted by atomic mass is 16.2. The molecule has 0 aromatic carbocycles. The molecule has 1 saturated heterocycles. The van der Waals surface area contributed by atoms with Gasteiger partial charge in [0.15, 0.2) is 0 Å². The largest absolute Gasteiger partial charge is 0.352 e. The Balaban J connectivity index is 2.62. The summed E-state index contributed by atoms with van der Waals surface area (Å²) >= 11 is 0. The Kier molecular flexibility index (Phi) is 5.02. The molecule has 7 heteroatoms. The highest BCUT2D eigenvalue weighted by Crippen LogP contribution is 2.11. The van der Waals surface area contributed by atoms with E-state index in [0.717, 1.165) is 17.7 Å². The van der Waals surface area contributed by atoms with Crippen molar-refractivity contribution in [3.63, 3.8) is 0 Å². The van der Waals surface area contributed by atoms with Crippen molar-refractivity contribution in [2.45, 2.75) is 39.7 Å². The molecule has 1 fully saturated rings. The average molecular weight is 269 g/mol. The number of hydrogen-bond acceptors (Lipinski definition) is 4. The van der Waals surface area contributed by atoms with Crippen LogP contribution in [0.1, 0.15) is 33.6 Å². The summed E-state index contributed by atoms with van der Waals surface area (Å²) < 4.78 is 0. The molecule has 5 amide bonds. The number of hydrogen-bond donors (Lipinski definition) is 1. The van der Waals surface area contributed by atoms with Crippen LogP contribution in [0.5, 0.6) is 0 Å². The van der Waals surface area contributed by atoms with Crippen LogP contribution in [0.15, 0.2) is 0 Å². The minimum Gasteiger partial charge on any atom is -0.352 e. The molecule has 0 bridgehead atoms. The standard InChI is InChI=1S/C12H19N3O4/c1-4-6-8(3)13-9(16)7-15-11(18)10(17)14(5-2)12(15)19/h8H,4-7H2,1-3H3,(H,13,16)/t8-/m0/s1. The zero-order valence-corrected chi connectivity index (χ0v) is 11.4. The molecular formula is C12H19N3O4. The lowest BCUT2D eigenvalue weighted by molar-refractivity contribution is -0.144. The Morgan fingerprint density at radius 2 is 1.74 bits per heavy atom. The number of likely N-dealkylation sites (N-methyl/N-ethyl adjacent to an activating group) is 1. The summed E-state index contributed by atoms with van der Waals surface area (Å²) in [5, 5.41) is 2.68. The van der Waals surface area contributed by atoms with Crippen molar-refractivity contribution in [2.24, 2.45) is 0 Å². The lowest BCUT2D eigenvalue weighted by Crippen LogP contribution is -2.44. The van der Waals surface area contributed by atoms with E-state index < -0.39 is 30.3 Å². The normalized spacial score (nSPS) is 17.1. The molecule has 0 spiro atoms. The van der Waals surface area contributed by atoms with Crippen LogP contribution in [0.3, 0.4) is 0 Å². The van der Waals surface area contributed by atoms with E-state index in [-0.39, 0.29) is 12.6 Å². The predicted molar refractivity (Wildman–Crippen MR) is 67.0 cm³/mol. The summed E-state index contributed by atoms with van der Waals surface area (Å²) in [4.78, 5) is 47.9. The lowest BCUT2D eigenvalue weighted by Gasteiger charge is -2.16. The van der Waals surface area contributed by atoms with Gasteiger partial charge in [0.1, 0.15) is 6.54 Å². The molecular weight excluding hydrogens is 250 g/mol. The van der Waals surface area contributed by atoms with Crippen molar-refractivity contribution >= 4 is 23.8 Å². The molecule has 7 nitrogen and oxygen atoms in total. The van der Waals surface area contributed by atoms with Crippen molar-refractivity contribution in [3.8, 4) is 0 Å². The summed E-state index contributed by atoms with van der Waals surface area (Å²) in [6, 6.07) is -0.751. The molecule has 19 heavy (non-hydrogen) atoms. The van der Waals surface area contributed by atoms with E-state index in [2.05, 4.69) is 5.32 Å². The molecule has 1 heterocycles. The third kappa shape index (κ3) is 3.30. The van der Waals surface area contributed by atoms with Crippen molar-refractivity contribution in [1.82, 2.24) is 15.1 Å². The van der Waals surface area contributed by atoms with E-state index in [1.807, 2.05) is 13.8 Å². The molecule has 0 radical (unpaired) electrons. The quantitative estimate of drug-likeness (QED) is 0.547. The van der Waals surface area contributed by atoms with Gasteiger partial charge in [-0.15, -0.1) is 0 Å². The second-order valence-corrected chi connectivity index (χ2v) is 4.48. The van der Waals surface area contributed by atoms with Gasteiger partial charge in [0.25, 0.3) is 0 Å². The highest BCUT2D eigenvalue weighted by molar-refractivity contribution is 6.45. The fraction of sp³-hybridized carbons (Fsp3) is 0.667. The number of carbonyl (C=O) groups is 4. The van der Waals surface area contributed by atoms with Gasteiger partial charge in [-0.3, -0.25) is 19.3 Å². The maximum atomic E-state index is 11.7. The zero-order valence-electron chi connectivity index (χ0n) is 11.4. The Morgan fingerprint density at radius 3 is 2.21 bits per heavy atom. The van der Waals surface area contributed by atoms with E-state index in [1.165, 1.54) is 0 Å². The van der Waals surface area contributed by atoms with E-state index in [0.29, 0.717) is 4.90 Å². The van der Waals surface area contributed by atoms with Gasteiger partial charge in [0.05, 0.1) is 0 Å². The molecule has 106 valence electrons. The number of rotatable bonds is 6. The Hall–Kier alpha value is -1.92. The second-order valence-electron chi connectivity index (χ2n) is 4.48. The van der Waals surface area contributed by atoms with Gasteiger partial charge < -0.3 is 5.32 Å². The lowest BCUT2D eigenvalue weighted by atomic mass is 10.2. The molecule has 1 aliphatic rings. The minimum atomic E-state index is -0.940. The molecule has 0 aromatic rings. The number of nitrogens with zero attached hydrogens (tertiary/aromatic N) is 2. The first kappa shape index (κ1) is 15.1. The maximum Gasteiger partial charge on any atom is 0.334 e. The van der Waals surface area contributed by atoms with E-state index in [4.69, 9.17) is 0 Å². The van der Waals surface area contributed by atoms with Gasteiger partial charge >= 0.3 is 17.8 Å². The monoisotopic (exact) mass is 269 g/mol. The van der Waals surface area contributed by atoms with Crippen LogP contribution in [0.4, 0.5) is 4.79 Å². The molecule has 0 aromatic heterocycles. The molecule has 1 aliphatic heterocycles. The van der Waals surface area contributed by atoms with E-state index >= 15 is 0 Å². The third-order valence-electron chi connectivity index (χ3n) is 2.88. The maximum absolute atomic E-state index is 11.7. The average Bonchev–Trinajstić information content (AvgIpc) is 2.53. The fourth-order valence-electron chi connectivity index (χ4n) is 1.94. The third-order valence-corrected chi connectivity index (χ3v) is 2.88. The minimum absolute atomic E-state index is 0.0247. The molecule has 1 N–H and O–H groups in total. The summed E-state index contributed by atoms with van der Waals surface area (Å²) in [5.41, 5.74) is 0. The van der Waals surface area contributed by atoms with Crippen LogP contribution in [-0.4, -0.2) is 52.7 Å². The summed E-state index contributed by atoms with van der Waals surface area (Å²) in [7, 11) is 0. The van der Waals surface area contributed by atoms with Crippen LogP contribution >= 0.6 is 0 Å². The molecule has 0 unspecified atom stereocenters. The van der Waals surface area contributed by atoms with Crippen LogP contribution in [0.25, 0.3) is 0 Å². The van der Waals surface area contributed by atoms with Gasteiger partial charge in [-0.1, -0.05) is 13.3 Å². The van der Waals surface area contributed by atoms with Gasteiger partial charge in [0, 0.05) is 12.6 Å². The summed E-state index contributed by atoms with van der Waals surface area (Å²) in [5.74, 6) is -2.25. The van der Waals surface area contributed by atoms with Crippen LogP contribution in [-0.2, 0) is 14.4 Å². The van der Waals surface area contributed by atoms with Gasteiger partial charge in [-0.05, 0) is 20.3 Å². The zero-order chi connectivity index (χ0) is 14.6. The van der Waals surface area contributed by atoms with Crippen molar-refractivity contribution in [2.75, 3.05) is 13.1 Å². The van der Waals surface area contributed by atoms with E-state index in [9.17, 15) is 19.2 Å². The highest BCUT2D eigenvalue weighted by Gasteiger charge is 2.44. The SMILES string of the molecule is CCC[C@H](C)NC(=O)CN1C(=O)C(=O)N(CC)C1=O. The fourth-order valence-corrected chi connectivity index (χ4v) is 1.94. The summed E-state index contributed by atoms with van der Waals surface area (Å²) in [6.07, 6.45) is 1.73. The smallest absolute Gasteiger partial charge is 0.334 e. The predicted octanol–water partition coefficient (Wildman–Crippen LogP) is 0.102. The molecule has 1 rings (SSSR count). The number of amides is 5. The molecule has 0 aliphatic carbocycles. The van der Waals surface area contributed by atoms with Crippen LogP contribution in [0, 0.1) is 0 Å². The van der Waals surface area contributed by atoms with Crippen molar-refractivity contribution in [1.29, 1.82) is 0 Å².